The van der Waals surface area contributed by atoms with Gasteiger partial charge in [-0.25, -0.2) is 0 Å². The summed E-state index contributed by atoms with van der Waals surface area (Å²) in [5.41, 5.74) is 6.65. The van der Waals surface area contributed by atoms with Crippen molar-refractivity contribution in [2.24, 2.45) is 28.6 Å². The zero-order valence-electron chi connectivity index (χ0n) is 24.9. The fourth-order valence-corrected chi connectivity index (χ4v) is 10.1. The van der Waals surface area contributed by atoms with E-state index < -0.39 is 47.3 Å². The van der Waals surface area contributed by atoms with Crippen LogP contribution in [0.25, 0.3) is 0 Å². The molecule has 0 aromatic heterocycles. The summed E-state index contributed by atoms with van der Waals surface area (Å²) in [4.78, 5) is 26.0. The molecule has 1 saturated heterocycles. The van der Waals surface area contributed by atoms with E-state index in [1.165, 1.54) is 0 Å². The van der Waals surface area contributed by atoms with E-state index in [0.29, 0.717) is 40.9 Å². The maximum Gasteiger partial charge on any atom is 0.193 e. The summed E-state index contributed by atoms with van der Waals surface area (Å²) in [5.74, 6) is 0.194. The van der Waals surface area contributed by atoms with Crippen molar-refractivity contribution in [2.45, 2.75) is 70.2 Å². The molecule has 0 amide bonds. The van der Waals surface area contributed by atoms with Crippen LogP contribution in [0, 0.1) is 28.6 Å². The van der Waals surface area contributed by atoms with Crippen LogP contribution in [0.5, 0.6) is 5.75 Å². The van der Waals surface area contributed by atoms with Crippen LogP contribution in [-0.2, 0) is 25.7 Å². The largest absolute Gasteiger partial charge is 0.488 e. The van der Waals surface area contributed by atoms with E-state index >= 15 is 0 Å². The third-order valence-corrected chi connectivity index (χ3v) is 12.2. The van der Waals surface area contributed by atoms with Gasteiger partial charge >= 0.3 is 0 Å². The topological polar surface area (TPSA) is 128 Å². The second kappa shape index (κ2) is 10.6. The highest BCUT2D eigenvalue weighted by Crippen LogP contribution is 2.70. The van der Waals surface area contributed by atoms with Crippen LogP contribution in [0.2, 0.25) is 0 Å². The molecule has 9 heteroatoms. The van der Waals surface area contributed by atoms with Gasteiger partial charge in [-0.1, -0.05) is 49.8 Å². The zero-order chi connectivity index (χ0) is 31.0. The number of rotatable bonds is 6. The van der Waals surface area contributed by atoms with Crippen molar-refractivity contribution in [3.8, 4) is 5.75 Å². The number of ether oxygens (including phenoxy) is 3. The highest BCUT2D eigenvalue weighted by atomic mass is 79.9. The lowest BCUT2D eigenvalue weighted by Crippen LogP contribution is -2.63. The second-order valence-electron chi connectivity index (χ2n) is 13.5. The first kappa shape index (κ1) is 29.9. The molecule has 1 heterocycles. The Bertz CT molecular complexity index is 1590. The quantitative estimate of drug-likeness (QED) is 0.359. The summed E-state index contributed by atoms with van der Waals surface area (Å²) < 4.78 is 20.2. The zero-order valence-corrected chi connectivity index (χ0v) is 26.5. The third-order valence-electron chi connectivity index (χ3n) is 11.4. The van der Waals surface area contributed by atoms with Gasteiger partial charge in [0.05, 0.1) is 16.7 Å². The number of carbonyl (C=O) groups is 2. The van der Waals surface area contributed by atoms with Gasteiger partial charge < -0.3 is 30.2 Å². The van der Waals surface area contributed by atoms with Crippen LogP contribution in [0.3, 0.4) is 0 Å². The first-order valence-corrected chi connectivity index (χ1v) is 16.2. The van der Waals surface area contributed by atoms with E-state index in [1.54, 1.807) is 12.2 Å². The minimum Gasteiger partial charge on any atom is -0.488 e. The Morgan fingerprint density at radius 3 is 2.77 bits per heavy atom. The van der Waals surface area contributed by atoms with E-state index in [4.69, 9.17) is 19.9 Å². The Hall–Kier alpha value is -2.82. The van der Waals surface area contributed by atoms with E-state index in [-0.39, 0.29) is 23.5 Å². The summed E-state index contributed by atoms with van der Waals surface area (Å²) in [6, 6.07) is 13.1. The fourth-order valence-electron chi connectivity index (χ4n) is 9.49. The van der Waals surface area contributed by atoms with Crippen LogP contribution in [0.15, 0.2) is 70.7 Å². The molecule has 0 bridgehead atoms. The fraction of sp³-hybridized carbons (Fsp3) is 0.486. The number of Topliss-reactive ketones (excluding diaryl/α,β-unsaturated/α-hetero) is 1. The first-order valence-electron chi connectivity index (χ1n) is 15.4. The molecule has 1 aliphatic heterocycles. The van der Waals surface area contributed by atoms with Crippen molar-refractivity contribution in [1.29, 1.82) is 0 Å². The van der Waals surface area contributed by atoms with Crippen LogP contribution < -0.4 is 10.5 Å². The highest BCUT2D eigenvalue weighted by Gasteiger charge is 2.76. The first-order chi connectivity index (χ1) is 21.0. The number of benzene rings is 2. The number of ketones is 2. The van der Waals surface area contributed by atoms with Crippen molar-refractivity contribution in [3.63, 3.8) is 0 Å². The van der Waals surface area contributed by atoms with Crippen molar-refractivity contribution in [1.82, 2.24) is 0 Å². The normalized spacial score (nSPS) is 38.8. The number of aliphatic hydroxyl groups excluding tert-OH is 2. The van der Waals surface area contributed by atoms with Gasteiger partial charge in [-0.3, -0.25) is 9.59 Å². The molecule has 8 nitrogen and oxygen atoms in total. The van der Waals surface area contributed by atoms with Gasteiger partial charge in [-0.2, -0.15) is 0 Å². The smallest absolute Gasteiger partial charge is 0.193 e. The minimum absolute atomic E-state index is 0.00723. The number of halogens is 1. The average molecular weight is 665 g/mol. The molecule has 232 valence electrons. The summed E-state index contributed by atoms with van der Waals surface area (Å²) in [7, 11) is 0. The van der Waals surface area contributed by atoms with Crippen molar-refractivity contribution < 1.29 is 34.0 Å². The Labute approximate surface area is 265 Å². The Morgan fingerprint density at radius 2 is 2.00 bits per heavy atom. The molecular weight excluding hydrogens is 626 g/mol. The molecule has 4 N–H and O–H groups in total. The van der Waals surface area contributed by atoms with E-state index in [1.807, 2.05) is 55.5 Å². The van der Waals surface area contributed by atoms with E-state index in [0.717, 1.165) is 24.0 Å². The molecular formula is C35H38BrNO7. The third kappa shape index (κ3) is 4.23. The molecule has 4 fully saturated rings. The van der Waals surface area contributed by atoms with Crippen LogP contribution in [0.4, 0.5) is 5.69 Å². The van der Waals surface area contributed by atoms with Crippen molar-refractivity contribution in [3.05, 3.63) is 81.9 Å². The van der Waals surface area contributed by atoms with Gasteiger partial charge in [0.15, 0.2) is 23.5 Å². The Morgan fingerprint density at radius 1 is 1.20 bits per heavy atom. The van der Waals surface area contributed by atoms with Crippen molar-refractivity contribution >= 4 is 33.2 Å². The van der Waals surface area contributed by atoms with Gasteiger partial charge in [0.25, 0.3) is 0 Å². The molecule has 3 saturated carbocycles. The second-order valence-corrected chi connectivity index (χ2v) is 14.3. The van der Waals surface area contributed by atoms with Crippen LogP contribution >= 0.6 is 15.9 Å². The lowest BCUT2D eigenvalue weighted by Gasteiger charge is -2.59. The molecule has 0 radical (unpaired) electrons. The number of fused-ring (bicyclic) bond motifs is 7. The number of nitrogens with two attached hydrogens (primary N) is 1. The molecule has 5 aliphatic rings. The Kier molecular flexibility index (Phi) is 7.21. The molecule has 2 aromatic carbocycles. The number of nitrogen functional groups attached to an aromatic ring is 1. The maximum absolute atomic E-state index is 13.8. The molecule has 44 heavy (non-hydrogen) atoms. The summed E-state index contributed by atoms with van der Waals surface area (Å²) in [6.45, 7) is 3.79. The van der Waals surface area contributed by atoms with Crippen LogP contribution in [-0.4, -0.2) is 46.2 Å². The highest BCUT2D eigenvalue weighted by molar-refractivity contribution is 9.10. The number of allylic oxidation sites excluding steroid dienone is 4. The molecule has 0 unspecified atom stereocenters. The number of carbonyl (C=O) groups excluding carboxylic acids is 2. The lowest BCUT2D eigenvalue weighted by molar-refractivity contribution is -0.201. The summed E-state index contributed by atoms with van der Waals surface area (Å²) >= 11 is 3.69. The summed E-state index contributed by atoms with van der Waals surface area (Å²) in [5, 5.41) is 22.1. The van der Waals surface area contributed by atoms with Gasteiger partial charge in [-0.05, 0) is 89.4 Å². The molecule has 7 rings (SSSR count). The maximum atomic E-state index is 13.8. The van der Waals surface area contributed by atoms with E-state index in [9.17, 15) is 19.8 Å². The molecule has 0 spiro atoms. The standard InChI is InChI=1S/C35H38BrNO7/c1-33-12-11-22(39)14-20(33)9-10-23-25-15-29-35(28(41)17-38,34(25,2)16-26(40)30(23)33)44-32(43-29)24-7-4-8-27(31(24)36)42-18-19-5-3-6-21(37)13-19/h3-8,11-14,23,25-26,29-30,32,38,40H,9-10,15-18,37H2,1-2H3/t23-,25-,26-,29+,30+,32+,33-,34-,35+/m0/s1. The average Bonchev–Trinajstić information content (AvgIpc) is 3.49. The minimum atomic E-state index is -1.42. The summed E-state index contributed by atoms with van der Waals surface area (Å²) in [6.07, 6.45) is 5.60. The number of aliphatic hydroxyl groups is 2. The number of hydrogen-bond donors (Lipinski definition) is 3. The molecule has 9 atom stereocenters. The lowest BCUT2D eigenvalue weighted by atomic mass is 9.46. The molecule has 4 aliphatic carbocycles. The monoisotopic (exact) mass is 663 g/mol. The van der Waals surface area contributed by atoms with Crippen LogP contribution in [0.1, 0.15) is 56.9 Å². The van der Waals surface area contributed by atoms with Gasteiger partial charge in [0, 0.05) is 28.0 Å². The Balaban J connectivity index is 1.19. The van der Waals surface area contributed by atoms with E-state index in [2.05, 4.69) is 22.9 Å². The predicted molar refractivity (Wildman–Crippen MR) is 166 cm³/mol. The SMILES string of the molecule is C[C@]12C=CC(=O)C=C1CC[C@@H]1[C@@H]2[C@@H](O)C[C@@]2(C)[C@H]1C[C@H]1O[C@@H](c3cccc(OCc4cccc(N)c4)c3Br)O[C@]12C(=O)CO. The van der Waals surface area contributed by atoms with Gasteiger partial charge in [0.1, 0.15) is 19.0 Å². The number of anilines is 1. The van der Waals surface area contributed by atoms with Gasteiger partial charge in [0.2, 0.25) is 0 Å². The predicted octanol–water partition coefficient (Wildman–Crippen LogP) is 5.21. The number of hydrogen-bond acceptors (Lipinski definition) is 8. The van der Waals surface area contributed by atoms with Crippen molar-refractivity contribution in [2.75, 3.05) is 12.3 Å². The van der Waals surface area contributed by atoms with Gasteiger partial charge in [-0.15, -0.1) is 0 Å². The molecule has 2 aromatic rings.